The predicted molar refractivity (Wildman–Crippen MR) is 188 cm³/mol. The highest BCUT2D eigenvalue weighted by Crippen LogP contribution is 2.38. The van der Waals surface area contributed by atoms with Gasteiger partial charge in [-0.15, -0.1) is 12.4 Å². The summed E-state index contributed by atoms with van der Waals surface area (Å²) < 4.78 is 91.1. The Morgan fingerprint density at radius 2 is 1.71 bits per heavy atom. The topological polar surface area (TPSA) is 138 Å². The van der Waals surface area contributed by atoms with Gasteiger partial charge in [-0.3, -0.25) is 14.0 Å². The normalized spacial score (nSPS) is 12.3. The van der Waals surface area contributed by atoms with Gasteiger partial charge < -0.3 is 10.5 Å². The molecule has 3 heterocycles. The van der Waals surface area contributed by atoms with Crippen LogP contribution in [0.25, 0.3) is 27.6 Å². The lowest BCUT2D eigenvalue weighted by Gasteiger charge is -2.21. The number of methoxy groups -OCH3 is 1. The molecule has 0 unspecified atom stereocenters. The molecule has 0 fully saturated rings. The fourth-order valence-corrected chi connectivity index (χ4v) is 6.76. The molecule has 18 heteroatoms. The first-order chi connectivity index (χ1) is 23.7. The average Bonchev–Trinajstić information content (AvgIpc) is 3.42. The SMILES string of the molecule is COc1ccc(CN(c2nn(CC(F)F)c3c(-n4c([C@@H](N)Cc5cc(F)cc(F)c5)nc5ncccc5c4=O)ccc(Cl)c23)S(C)(=O)=O)cc1.Cl. The molecule has 0 amide bonds. The minimum absolute atomic E-state index is 0. The summed E-state index contributed by atoms with van der Waals surface area (Å²) in [5.74, 6) is -1.55. The largest absolute Gasteiger partial charge is 0.497 e. The lowest BCUT2D eigenvalue weighted by Crippen LogP contribution is -2.30. The van der Waals surface area contributed by atoms with Gasteiger partial charge in [-0.05, 0) is 66.1 Å². The minimum Gasteiger partial charge on any atom is -0.497 e. The van der Waals surface area contributed by atoms with Crippen molar-refractivity contribution in [2.75, 3.05) is 17.7 Å². The number of halogens is 6. The van der Waals surface area contributed by atoms with Gasteiger partial charge in [0.25, 0.3) is 12.0 Å². The van der Waals surface area contributed by atoms with E-state index < -0.39 is 46.2 Å². The Morgan fingerprint density at radius 3 is 2.33 bits per heavy atom. The zero-order valence-electron chi connectivity index (χ0n) is 26.8. The van der Waals surface area contributed by atoms with E-state index in [9.17, 15) is 30.8 Å². The van der Waals surface area contributed by atoms with Gasteiger partial charge in [0.1, 0.15) is 29.8 Å². The Bertz CT molecular complexity index is 2390. The predicted octanol–water partition coefficient (Wildman–Crippen LogP) is 5.97. The molecule has 1 atom stereocenters. The van der Waals surface area contributed by atoms with Gasteiger partial charge in [-0.2, -0.15) is 5.10 Å². The van der Waals surface area contributed by atoms with Crippen molar-refractivity contribution < 1.29 is 30.7 Å². The number of rotatable bonds is 11. The summed E-state index contributed by atoms with van der Waals surface area (Å²) in [6.07, 6.45) is -0.819. The van der Waals surface area contributed by atoms with Crippen molar-refractivity contribution >= 4 is 61.8 Å². The molecule has 268 valence electrons. The van der Waals surface area contributed by atoms with E-state index in [1.165, 1.54) is 37.6 Å². The highest BCUT2D eigenvalue weighted by atomic mass is 35.5. The van der Waals surface area contributed by atoms with E-state index in [-0.39, 0.29) is 75.2 Å². The molecule has 0 bridgehead atoms. The van der Waals surface area contributed by atoms with Gasteiger partial charge in [0, 0.05) is 12.3 Å². The van der Waals surface area contributed by atoms with E-state index in [2.05, 4.69) is 15.1 Å². The van der Waals surface area contributed by atoms with Crippen LogP contribution in [0.5, 0.6) is 5.75 Å². The first-order valence-corrected chi connectivity index (χ1v) is 17.1. The Balaban J connectivity index is 0.00000504. The summed E-state index contributed by atoms with van der Waals surface area (Å²) in [5.41, 5.74) is 6.39. The standard InChI is InChI=1S/C33H28ClF4N7O4S.ClH/c1-49-22-7-5-18(6-8-22)16-44(50(2,47)48)32-28-24(34)9-10-26(29(28)43(42-32)17-27(37)38)45-31(41-30-23(33(45)46)4-3-11-40-30)25(39)14-19-12-20(35)15-21(36)13-19;/h3-13,15,25,27H,14,16-17,39H2,1-2H3;1H/t25-;/m0./s1. The van der Waals surface area contributed by atoms with Crippen LogP contribution in [0.2, 0.25) is 5.02 Å². The molecule has 0 aliphatic carbocycles. The van der Waals surface area contributed by atoms with Crippen molar-refractivity contribution in [2.24, 2.45) is 5.73 Å². The van der Waals surface area contributed by atoms with E-state index in [1.807, 2.05) is 0 Å². The van der Waals surface area contributed by atoms with Crippen LogP contribution in [0.3, 0.4) is 0 Å². The number of nitrogens with two attached hydrogens (primary N) is 1. The van der Waals surface area contributed by atoms with Crippen LogP contribution in [-0.4, -0.2) is 52.5 Å². The molecule has 3 aromatic heterocycles. The minimum atomic E-state index is -4.12. The highest BCUT2D eigenvalue weighted by Gasteiger charge is 2.30. The number of hydrogen-bond acceptors (Lipinski definition) is 8. The summed E-state index contributed by atoms with van der Waals surface area (Å²) in [7, 11) is -2.65. The Labute approximate surface area is 299 Å². The summed E-state index contributed by atoms with van der Waals surface area (Å²) in [4.78, 5) is 23.0. The van der Waals surface area contributed by atoms with Crippen LogP contribution in [0.1, 0.15) is 23.0 Å². The first kappa shape index (κ1) is 37.5. The third-order valence-electron chi connectivity index (χ3n) is 7.86. The quantitative estimate of drug-likeness (QED) is 0.160. The molecule has 6 aromatic rings. The summed E-state index contributed by atoms with van der Waals surface area (Å²) in [6.45, 7) is -1.26. The van der Waals surface area contributed by atoms with Crippen LogP contribution in [0.4, 0.5) is 23.4 Å². The van der Waals surface area contributed by atoms with Crippen molar-refractivity contribution in [3.8, 4) is 11.4 Å². The van der Waals surface area contributed by atoms with Crippen LogP contribution in [0.15, 0.2) is 77.7 Å². The molecule has 11 nitrogen and oxygen atoms in total. The number of alkyl halides is 2. The molecule has 2 N–H and O–H groups in total. The fourth-order valence-electron chi connectivity index (χ4n) is 5.70. The van der Waals surface area contributed by atoms with Gasteiger partial charge in [0.2, 0.25) is 10.0 Å². The number of hydrogen-bond donors (Lipinski definition) is 1. The van der Waals surface area contributed by atoms with Gasteiger partial charge in [0.15, 0.2) is 11.5 Å². The lowest BCUT2D eigenvalue weighted by atomic mass is 10.0. The molecular weight excluding hydrogens is 737 g/mol. The number of aromatic nitrogens is 5. The average molecular weight is 767 g/mol. The van der Waals surface area contributed by atoms with E-state index in [1.54, 1.807) is 24.3 Å². The zero-order chi connectivity index (χ0) is 35.9. The zero-order valence-corrected chi connectivity index (χ0v) is 29.2. The van der Waals surface area contributed by atoms with Crippen molar-refractivity contribution in [3.63, 3.8) is 0 Å². The highest BCUT2D eigenvalue weighted by molar-refractivity contribution is 7.92. The monoisotopic (exact) mass is 765 g/mol. The number of anilines is 1. The second-order valence-corrected chi connectivity index (χ2v) is 13.7. The maximum absolute atomic E-state index is 14.3. The second-order valence-electron chi connectivity index (χ2n) is 11.4. The lowest BCUT2D eigenvalue weighted by molar-refractivity contribution is 0.123. The molecule has 0 aliphatic heterocycles. The Morgan fingerprint density at radius 1 is 1.02 bits per heavy atom. The fraction of sp³-hybridized carbons (Fsp3) is 0.212. The molecule has 0 spiro atoms. The van der Waals surface area contributed by atoms with Gasteiger partial charge >= 0.3 is 0 Å². The van der Waals surface area contributed by atoms with Gasteiger partial charge in [-0.25, -0.2) is 40.3 Å². The first-order valence-electron chi connectivity index (χ1n) is 14.9. The van der Waals surface area contributed by atoms with Gasteiger partial charge in [-0.1, -0.05) is 23.7 Å². The van der Waals surface area contributed by atoms with E-state index >= 15 is 0 Å². The molecule has 0 radical (unpaired) electrons. The number of benzene rings is 3. The summed E-state index contributed by atoms with van der Waals surface area (Å²) in [6, 6.07) is 13.9. The Kier molecular flexibility index (Phi) is 10.9. The van der Waals surface area contributed by atoms with E-state index in [0.29, 0.717) is 17.4 Å². The van der Waals surface area contributed by atoms with Crippen LogP contribution < -0.4 is 20.3 Å². The maximum Gasteiger partial charge on any atom is 0.267 e. The number of nitrogens with zero attached hydrogens (tertiary/aromatic N) is 6. The van der Waals surface area contributed by atoms with Crippen molar-refractivity contribution in [2.45, 2.75) is 32.0 Å². The number of sulfonamides is 1. The number of pyridine rings is 1. The van der Waals surface area contributed by atoms with Crippen molar-refractivity contribution in [3.05, 3.63) is 117 Å². The van der Waals surface area contributed by atoms with E-state index in [4.69, 9.17) is 22.1 Å². The summed E-state index contributed by atoms with van der Waals surface area (Å²) in [5, 5.41) is 4.28. The molecule has 6 rings (SSSR count). The molecule has 0 saturated carbocycles. The van der Waals surface area contributed by atoms with Crippen LogP contribution in [0, 0.1) is 11.6 Å². The van der Waals surface area contributed by atoms with E-state index in [0.717, 1.165) is 31.9 Å². The smallest absolute Gasteiger partial charge is 0.267 e. The molecule has 3 aromatic carbocycles. The maximum atomic E-state index is 14.3. The van der Waals surface area contributed by atoms with Crippen molar-refractivity contribution in [1.82, 2.24) is 24.3 Å². The molecule has 0 saturated heterocycles. The van der Waals surface area contributed by atoms with Crippen molar-refractivity contribution in [1.29, 1.82) is 0 Å². The number of fused-ring (bicyclic) bond motifs is 2. The third-order valence-corrected chi connectivity index (χ3v) is 9.27. The Hall–Kier alpha value is -4.77. The second kappa shape index (κ2) is 14.8. The van der Waals surface area contributed by atoms with Crippen LogP contribution >= 0.6 is 24.0 Å². The van der Waals surface area contributed by atoms with Crippen LogP contribution in [-0.2, 0) is 29.5 Å². The molecule has 51 heavy (non-hydrogen) atoms. The number of ether oxygens (including phenoxy) is 1. The van der Waals surface area contributed by atoms with Gasteiger partial charge in [0.05, 0.1) is 53.0 Å². The summed E-state index contributed by atoms with van der Waals surface area (Å²) >= 11 is 6.69. The third kappa shape index (κ3) is 7.63. The molecule has 0 aliphatic rings. The molecular formula is C33H29Cl2F4N7O4S.